The molecule has 0 fully saturated rings. The molecule has 0 bridgehead atoms. The number of hydrogen-bond donors (Lipinski definition) is 2. The van der Waals surface area contributed by atoms with Crippen LogP contribution in [0.25, 0.3) is 0 Å². The van der Waals surface area contributed by atoms with Crippen LogP contribution in [0.2, 0.25) is 0 Å². The van der Waals surface area contributed by atoms with Gasteiger partial charge in [-0.2, -0.15) is 0 Å². The van der Waals surface area contributed by atoms with Crippen LogP contribution in [0.4, 0.5) is 14.5 Å². The largest absolute Gasteiger partial charge is 0.506 e. The Labute approximate surface area is 82.0 Å². The van der Waals surface area contributed by atoms with E-state index in [4.69, 9.17) is 10.2 Å². The smallest absolute Gasteiger partial charge is 0.305 e. The van der Waals surface area contributed by atoms with Crippen LogP contribution in [0.1, 0.15) is 17.7 Å². The molecule has 0 aliphatic rings. The Morgan fingerprint density at radius 1 is 1.60 bits per heavy atom. The molecule has 6 nitrogen and oxygen atoms in total. The Bertz CT molecular complexity index is 397. The first kappa shape index (κ1) is 11.2. The standard InChI is InChI=1S/C7H6F2N2O4/c8-7(9)5-4(13)1-10-3(2-12)6(5)11(14)15/h1,7,12-13H,2H2. The highest BCUT2D eigenvalue weighted by Gasteiger charge is 2.30. The van der Waals surface area contributed by atoms with Crippen molar-refractivity contribution in [2.24, 2.45) is 0 Å². The van der Waals surface area contributed by atoms with Crippen LogP contribution in [0.3, 0.4) is 0 Å². The Kier molecular flexibility index (Phi) is 3.10. The van der Waals surface area contributed by atoms with Crippen LogP contribution in [-0.2, 0) is 6.61 Å². The van der Waals surface area contributed by atoms with Gasteiger partial charge < -0.3 is 10.2 Å². The maximum atomic E-state index is 12.4. The van der Waals surface area contributed by atoms with Gasteiger partial charge in [0.15, 0.2) is 0 Å². The van der Waals surface area contributed by atoms with E-state index in [-0.39, 0.29) is 0 Å². The predicted octanol–water partition coefficient (Wildman–Crippen LogP) is 1.13. The summed E-state index contributed by atoms with van der Waals surface area (Å²) in [6.45, 7) is -0.851. The zero-order valence-corrected chi connectivity index (χ0v) is 7.22. The number of aromatic nitrogens is 1. The number of aliphatic hydroxyl groups excluding tert-OH is 1. The van der Waals surface area contributed by atoms with Gasteiger partial charge in [0.1, 0.15) is 17.0 Å². The summed E-state index contributed by atoms with van der Waals surface area (Å²) in [5.41, 5.74) is -2.68. The molecule has 0 saturated carbocycles. The van der Waals surface area contributed by atoms with E-state index in [9.17, 15) is 18.9 Å². The summed E-state index contributed by atoms with van der Waals surface area (Å²) < 4.78 is 24.8. The molecule has 1 aromatic heterocycles. The minimum Gasteiger partial charge on any atom is -0.506 e. The van der Waals surface area contributed by atoms with Crippen molar-refractivity contribution in [3.8, 4) is 5.75 Å². The first-order valence-electron chi connectivity index (χ1n) is 3.73. The third kappa shape index (κ3) is 1.99. The number of nitro groups is 1. The van der Waals surface area contributed by atoms with E-state index >= 15 is 0 Å². The number of pyridine rings is 1. The summed E-state index contributed by atoms with van der Waals surface area (Å²) in [4.78, 5) is 12.6. The Hall–Kier alpha value is -1.83. The molecule has 1 aromatic rings. The second-order valence-corrected chi connectivity index (χ2v) is 2.57. The van der Waals surface area contributed by atoms with E-state index in [1.54, 1.807) is 0 Å². The molecule has 0 amide bonds. The van der Waals surface area contributed by atoms with E-state index in [2.05, 4.69) is 4.98 Å². The zero-order chi connectivity index (χ0) is 11.6. The topological polar surface area (TPSA) is 96.5 Å². The second kappa shape index (κ2) is 4.13. The molecular formula is C7H6F2N2O4. The first-order valence-corrected chi connectivity index (χ1v) is 3.73. The molecule has 15 heavy (non-hydrogen) atoms. The molecule has 2 N–H and O–H groups in total. The van der Waals surface area contributed by atoms with Crippen LogP contribution in [-0.4, -0.2) is 20.1 Å². The molecule has 0 spiro atoms. The first-order chi connectivity index (χ1) is 6.99. The average Bonchev–Trinajstić information content (AvgIpc) is 2.16. The van der Waals surface area contributed by atoms with E-state index in [1.807, 2.05) is 0 Å². The van der Waals surface area contributed by atoms with Crippen molar-refractivity contribution < 1.29 is 23.9 Å². The maximum absolute atomic E-state index is 12.4. The van der Waals surface area contributed by atoms with Gasteiger partial charge in [0.2, 0.25) is 0 Å². The van der Waals surface area contributed by atoms with Gasteiger partial charge >= 0.3 is 5.69 Å². The molecule has 0 atom stereocenters. The van der Waals surface area contributed by atoms with Crippen molar-refractivity contribution in [3.05, 3.63) is 27.6 Å². The molecule has 82 valence electrons. The number of alkyl halides is 2. The molecule has 8 heteroatoms. The van der Waals surface area contributed by atoms with Crippen LogP contribution in [0.5, 0.6) is 5.75 Å². The van der Waals surface area contributed by atoms with Crippen molar-refractivity contribution in [1.29, 1.82) is 0 Å². The van der Waals surface area contributed by atoms with E-state index in [1.165, 1.54) is 0 Å². The van der Waals surface area contributed by atoms with Crippen molar-refractivity contribution in [3.63, 3.8) is 0 Å². The molecule has 1 rings (SSSR count). The van der Waals surface area contributed by atoms with Gasteiger partial charge in [0, 0.05) is 0 Å². The maximum Gasteiger partial charge on any atom is 0.305 e. The fourth-order valence-corrected chi connectivity index (χ4v) is 1.08. The summed E-state index contributed by atoms with van der Waals surface area (Å²) in [5.74, 6) is -0.964. The lowest BCUT2D eigenvalue weighted by Crippen LogP contribution is -2.03. The summed E-state index contributed by atoms with van der Waals surface area (Å²) in [7, 11) is 0. The summed E-state index contributed by atoms with van der Waals surface area (Å²) in [6.07, 6.45) is -2.57. The zero-order valence-electron chi connectivity index (χ0n) is 7.22. The minimum absolute atomic E-state index is 0.506. The molecule has 0 unspecified atom stereocenters. The fourth-order valence-electron chi connectivity index (χ4n) is 1.08. The number of rotatable bonds is 3. The third-order valence-corrected chi connectivity index (χ3v) is 1.70. The quantitative estimate of drug-likeness (QED) is 0.587. The molecular weight excluding hydrogens is 214 g/mol. The molecule has 0 radical (unpaired) electrons. The van der Waals surface area contributed by atoms with Gasteiger partial charge in [0.05, 0.1) is 17.7 Å². The van der Waals surface area contributed by atoms with Crippen LogP contribution in [0, 0.1) is 10.1 Å². The average molecular weight is 220 g/mol. The third-order valence-electron chi connectivity index (χ3n) is 1.70. The van der Waals surface area contributed by atoms with Gasteiger partial charge in [-0.15, -0.1) is 0 Å². The summed E-state index contributed by atoms with van der Waals surface area (Å²) >= 11 is 0. The Balaban J connectivity index is 3.51. The highest BCUT2D eigenvalue weighted by atomic mass is 19.3. The minimum atomic E-state index is -3.21. The Morgan fingerprint density at radius 2 is 2.20 bits per heavy atom. The summed E-state index contributed by atoms with van der Waals surface area (Å²) in [5, 5.41) is 28.1. The molecule has 0 aliphatic carbocycles. The number of aliphatic hydroxyl groups is 1. The van der Waals surface area contributed by atoms with E-state index in [0.717, 1.165) is 0 Å². The van der Waals surface area contributed by atoms with E-state index in [0.29, 0.717) is 6.20 Å². The van der Waals surface area contributed by atoms with Gasteiger partial charge in [-0.25, -0.2) is 13.8 Å². The van der Waals surface area contributed by atoms with E-state index < -0.39 is 40.6 Å². The molecule has 0 aromatic carbocycles. The molecule has 1 heterocycles. The summed E-state index contributed by atoms with van der Waals surface area (Å²) in [6, 6.07) is 0. The van der Waals surface area contributed by atoms with Crippen molar-refractivity contribution in [1.82, 2.24) is 4.98 Å². The van der Waals surface area contributed by atoms with Crippen molar-refractivity contribution >= 4 is 5.69 Å². The number of halogens is 2. The van der Waals surface area contributed by atoms with Gasteiger partial charge in [-0.3, -0.25) is 10.1 Å². The number of hydrogen-bond acceptors (Lipinski definition) is 5. The SMILES string of the molecule is O=[N+]([O-])c1c(CO)ncc(O)c1C(F)F. The number of aromatic hydroxyl groups is 1. The Morgan fingerprint density at radius 3 is 2.60 bits per heavy atom. The van der Waals surface area contributed by atoms with Crippen LogP contribution in [0.15, 0.2) is 6.20 Å². The van der Waals surface area contributed by atoms with Gasteiger partial charge in [0.25, 0.3) is 6.43 Å². The van der Waals surface area contributed by atoms with Crippen LogP contribution < -0.4 is 0 Å². The highest BCUT2D eigenvalue weighted by Crippen LogP contribution is 2.37. The predicted molar refractivity (Wildman–Crippen MR) is 43.4 cm³/mol. The molecule has 0 aliphatic heterocycles. The lowest BCUT2D eigenvalue weighted by molar-refractivity contribution is -0.387. The normalized spacial score (nSPS) is 10.7. The molecule has 0 saturated heterocycles. The fraction of sp³-hybridized carbons (Fsp3) is 0.286. The van der Waals surface area contributed by atoms with Gasteiger partial charge in [-0.05, 0) is 0 Å². The van der Waals surface area contributed by atoms with Gasteiger partial charge in [-0.1, -0.05) is 0 Å². The second-order valence-electron chi connectivity index (χ2n) is 2.57. The lowest BCUT2D eigenvalue weighted by atomic mass is 10.1. The lowest BCUT2D eigenvalue weighted by Gasteiger charge is -2.06. The van der Waals surface area contributed by atoms with Crippen molar-refractivity contribution in [2.75, 3.05) is 0 Å². The van der Waals surface area contributed by atoms with Crippen molar-refractivity contribution in [2.45, 2.75) is 13.0 Å². The highest BCUT2D eigenvalue weighted by molar-refractivity contribution is 5.51. The van der Waals surface area contributed by atoms with Crippen LogP contribution >= 0.6 is 0 Å². The number of nitrogens with zero attached hydrogens (tertiary/aromatic N) is 2. The monoisotopic (exact) mass is 220 g/mol.